The van der Waals surface area contributed by atoms with Crippen LogP contribution in [0.4, 0.5) is 5.69 Å². The number of nitrogens with two attached hydrogens (primary N) is 1. The maximum Gasteiger partial charge on any atom is 0.264 e. The number of carbonyl (C=O) groups is 1. The molecule has 1 aromatic heterocycles. The smallest absolute Gasteiger partial charge is 0.264 e. The van der Waals surface area contributed by atoms with Gasteiger partial charge in [-0.25, -0.2) is 0 Å². The number of anilines is 1. The minimum absolute atomic E-state index is 0.101. The second-order valence-corrected chi connectivity index (χ2v) is 7.07. The van der Waals surface area contributed by atoms with Crippen molar-refractivity contribution in [3.63, 3.8) is 0 Å². The number of carbonyl (C=O) groups excluding carboxylic acids is 1. The van der Waals surface area contributed by atoms with E-state index in [9.17, 15) is 4.79 Å². The van der Waals surface area contributed by atoms with E-state index < -0.39 is 0 Å². The lowest BCUT2D eigenvalue weighted by molar-refractivity contribution is 0.0739. The number of rotatable bonds is 1. The molecule has 0 fully saturated rings. The zero-order valence-corrected chi connectivity index (χ0v) is 12.6. The molecule has 1 aliphatic rings. The van der Waals surface area contributed by atoms with Crippen LogP contribution in [0.1, 0.15) is 20.8 Å². The minimum Gasteiger partial charge on any atom is -0.399 e. The molecule has 3 nitrogen and oxygen atoms in total. The predicted octanol–water partition coefficient (Wildman–Crippen LogP) is 3.29. The van der Waals surface area contributed by atoms with Crippen molar-refractivity contribution in [1.29, 1.82) is 0 Å². The van der Waals surface area contributed by atoms with E-state index in [1.54, 1.807) is 0 Å². The molecular formula is C14H13BrN2OS. The van der Waals surface area contributed by atoms with Crippen LogP contribution in [0.5, 0.6) is 0 Å². The van der Waals surface area contributed by atoms with Gasteiger partial charge >= 0.3 is 0 Å². The third kappa shape index (κ3) is 2.53. The lowest BCUT2D eigenvalue weighted by Crippen LogP contribution is -2.35. The molecule has 0 spiro atoms. The van der Waals surface area contributed by atoms with Crippen LogP contribution in [0.15, 0.2) is 34.1 Å². The first-order valence-electron chi connectivity index (χ1n) is 6.05. The molecule has 1 aromatic carbocycles. The molecule has 2 aromatic rings. The summed E-state index contributed by atoms with van der Waals surface area (Å²) in [5.74, 6) is 0.101. The highest BCUT2D eigenvalue weighted by Gasteiger charge is 2.22. The molecule has 2 heterocycles. The third-order valence-electron chi connectivity index (χ3n) is 3.31. The van der Waals surface area contributed by atoms with Crippen LogP contribution in [-0.4, -0.2) is 17.4 Å². The van der Waals surface area contributed by atoms with E-state index in [1.807, 2.05) is 29.2 Å². The lowest BCUT2D eigenvalue weighted by atomic mass is 9.99. The number of hydrogen-bond donors (Lipinski definition) is 1. The molecule has 2 N–H and O–H groups in total. The highest BCUT2D eigenvalue weighted by molar-refractivity contribution is 9.11. The first-order chi connectivity index (χ1) is 9.13. The fourth-order valence-corrected chi connectivity index (χ4v) is 3.69. The maximum atomic E-state index is 12.4. The van der Waals surface area contributed by atoms with Crippen LogP contribution in [0, 0.1) is 0 Å². The third-order valence-corrected chi connectivity index (χ3v) is 4.93. The number of hydrogen-bond acceptors (Lipinski definition) is 3. The van der Waals surface area contributed by atoms with E-state index >= 15 is 0 Å². The summed E-state index contributed by atoms with van der Waals surface area (Å²) in [6.07, 6.45) is 0.897. The van der Waals surface area contributed by atoms with Crippen LogP contribution in [-0.2, 0) is 13.0 Å². The highest BCUT2D eigenvalue weighted by atomic mass is 79.9. The maximum absolute atomic E-state index is 12.4. The first kappa shape index (κ1) is 12.7. The SMILES string of the molecule is Nc1ccc2c(c1)CN(C(=O)c1ccc(Br)s1)CC2. The Balaban J connectivity index is 1.83. The lowest BCUT2D eigenvalue weighted by Gasteiger charge is -2.28. The molecule has 0 atom stereocenters. The molecule has 0 saturated carbocycles. The van der Waals surface area contributed by atoms with Gasteiger partial charge < -0.3 is 10.6 Å². The van der Waals surface area contributed by atoms with Gasteiger partial charge in [-0.15, -0.1) is 11.3 Å². The number of nitrogens with zero attached hydrogens (tertiary/aromatic N) is 1. The molecule has 1 amide bonds. The zero-order chi connectivity index (χ0) is 13.4. The van der Waals surface area contributed by atoms with Crippen LogP contribution < -0.4 is 5.73 Å². The molecule has 5 heteroatoms. The first-order valence-corrected chi connectivity index (χ1v) is 7.66. The van der Waals surface area contributed by atoms with Gasteiger partial charge in [0.2, 0.25) is 0 Å². The van der Waals surface area contributed by atoms with Gasteiger partial charge in [-0.3, -0.25) is 4.79 Å². The summed E-state index contributed by atoms with van der Waals surface area (Å²) >= 11 is 4.87. The molecule has 3 rings (SSSR count). The summed E-state index contributed by atoms with van der Waals surface area (Å²) in [7, 11) is 0. The Morgan fingerprint density at radius 2 is 2.11 bits per heavy atom. The average molecular weight is 337 g/mol. The molecule has 0 aliphatic carbocycles. The second-order valence-electron chi connectivity index (χ2n) is 4.61. The van der Waals surface area contributed by atoms with Gasteiger partial charge in [0.05, 0.1) is 8.66 Å². The number of amides is 1. The van der Waals surface area contributed by atoms with Gasteiger partial charge in [0, 0.05) is 18.8 Å². The van der Waals surface area contributed by atoms with E-state index in [0.29, 0.717) is 6.54 Å². The van der Waals surface area contributed by atoms with Crippen LogP contribution >= 0.6 is 27.3 Å². The molecule has 0 radical (unpaired) electrons. The van der Waals surface area contributed by atoms with Gasteiger partial charge in [-0.2, -0.15) is 0 Å². The van der Waals surface area contributed by atoms with Gasteiger partial charge in [-0.1, -0.05) is 6.07 Å². The topological polar surface area (TPSA) is 46.3 Å². The Hall–Kier alpha value is -1.33. The quantitative estimate of drug-likeness (QED) is 0.812. The van der Waals surface area contributed by atoms with E-state index in [2.05, 4.69) is 22.0 Å². The number of fused-ring (bicyclic) bond motifs is 1. The van der Waals surface area contributed by atoms with Crippen molar-refractivity contribution in [3.8, 4) is 0 Å². The second kappa shape index (κ2) is 4.98. The number of nitrogen functional groups attached to an aromatic ring is 1. The number of thiophene rings is 1. The van der Waals surface area contributed by atoms with Crippen molar-refractivity contribution < 1.29 is 4.79 Å². The molecule has 1 aliphatic heterocycles. The summed E-state index contributed by atoms with van der Waals surface area (Å²) in [5.41, 5.74) is 9.03. The van der Waals surface area contributed by atoms with Crippen molar-refractivity contribution in [2.45, 2.75) is 13.0 Å². The standard InChI is InChI=1S/C14H13BrN2OS/c15-13-4-3-12(19-13)14(18)17-6-5-9-1-2-11(16)7-10(9)8-17/h1-4,7H,5-6,8,16H2. The summed E-state index contributed by atoms with van der Waals surface area (Å²) < 4.78 is 0.984. The van der Waals surface area contributed by atoms with Crippen molar-refractivity contribution >= 4 is 38.9 Å². The summed E-state index contributed by atoms with van der Waals surface area (Å²) in [6, 6.07) is 9.74. The van der Waals surface area contributed by atoms with E-state index in [-0.39, 0.29) is 5.91 Å². The Morgan fingerprint density at radius 1 is 1.26 bits per heavy atom. The fraction of sp³-hybridized carbons (Fsp3) is 0.214. The zero-order valence-electron chi connectivity index (χ0n) is 10.2. The van der Waals surface area contributed by atoms with Crippen molar-refractivity contribution in [3.05, 3.63) is 50.1 Å². The fourth-order valence-electron chi connectivity index (χ4n) is 2.34. The normalized spacial score (nSPS) is 14.3. The highest BCUT2D eigenvalue weighted by Crippen LogP contribution is 2.26. The number of halogens is 1. The molecule has 0 unspecified atom stereocenters. The van der Waals surface area contributed by atoms with Crippen molar-refractivity contribution in [1.82, 2.24) is 4.90 Å². The van der Waals surface area contributed by atoms with Gasteiger partial charge in [0.25, 0.3) is 5.91 Å². The van der Waals surface area contributed by atoms with E-state index in [4.69, 9.17) is 5.73 Å². The molecular weight excluding hydrogens is 324 g/mol. The molecule has 19 heavy (non-hydrogen) atoms. The van der Waals surface area contributed by atoms with Gasteiger partial charge in [-0.05, 0) is 57.7 Å². The van der Waals surface area contributed by atoms with Crippen LogP contribution in [0.25, 0.3) is 0 Å². The summed E-state index contributed by atoms with van der Waals surface area (Å²) in [5, 5.41) is 0. The molecule has 0 saturated heterocycles. The largest absolute Gasteiger partial charge is 0.399 e. The average Bonchev–Trinajstić information content (AvgIpc) is 2.83. The monoisotopic (exact) mass is 336 g/mol. The summed E-state index contributed by atoms with van der Waals surface area (Å²) in [4.78, 5) is 15.1. The molecule has 0 bridgehead atoms. The van der Waals surface area contributed by atoms with Crippen molar-refractivity contribution in [2.75, 3.05) is 12.3 Å². The Kier molecular flexibility index (Phi) is 3.33. The van der Waals surface area contributed by atoms with Crippen LogP contribution in [0.3, 0.4) is 0 Å². The van der Waals surface area contributed by atoms with Gasteiger partial charge in [0.1, 0.15) is 0 Å². The predicted molar refractivity (Wildman–Crippen MR) is 81.3 cm³/mol. The Morgan fingerprint density at radius 3 is 2.84 bits per heavy atom. The molecule has 98 valence electrons. The summed E-state index contributed by atoms with van der Waals surface area (Å²) in [6.45, 7) is 1.42. The minimum atomic E-state index is 0.101. The number of benzene rings is 1. The van der Waals surface area contributed by atoms with E-state index in [1.165, 1.54) is 16.9 Å². The Bertz CT molecular complexity index is 638. The van der Waals surface area contributed by atoms with Crippen LogP contribution in [0.2, 0.25) is 0 Å². The van der Waals surface area contributed by atoms with Gasteiger partial charge in [0.15, 0.2) is 0 Å². The van der Waals surface area contributed by atoms with E-state index in [0.717, 1.165) is 32.9 Å². The Labute approximate surface area is 124 Å². The van der Waals surface area contributed by atoms with Crippen molar-refractivity contribution in [2.24, 2.45) is 0 Å².